The molecule has 87 heavy (non-hydrogen) atoms. The molecule has 0 saturated heterocycles. The van der Waals surface area contributed by atoms with E-state index in [4.69, 9.17) is 72.2 Å². The molecule has 8 aromatic heterocycles. The zero-order valence-corrected chi connectivity index (χ0v) is 52.4. The second kappa shape index (κ2) is 26.0. The fourth-order valence-corrected chi connectivity index (χ4v) is 11.9. The Morgan fingerprint density at radius 3 is 1.45 bits per heavy atom. The molecule has 10 rings (SSSR count). The first-order valence-electron chi connectivity index (χ1n) is 25.9. The number of thiophene rings is 2. The van der Waals surface area contributed by atoms with E-state index >= 15 is 0 Å². The lowest BCUT2D eigenvalue weighted by Gasteiger charge is -2.19. The van der Waals surface area contributed by atoms with Crippen molar-refractivity contribution < 1.29 is 55.2 Å². The monoisotopic (exact) mass is 1330 g/mol. The number of esters is 2. The minimum atomic E-state index is -4.64. The third kappa shape index (κ3) is 15.1. The van der Waals surface area contributed by atoms with E-state index in [1.807, 2.05) is 20.8 Å². The minimum absolute atomic E-state index is 0.0402. The quantitative estimate of drug-likeness (QED) is 0.0594. The fourth-order valence-electron chi connectivity index (χ4n) is 8.79. The lowest BCUT2D eigenvalue weighted by molar-refractivity contribution is -0.138. The Labute approximate surface area is 524 Å². The van der Waals surface area contributed by atoms with Crippen LogP contribution in [0, 0.1) is 13.8 Å². The normalized spacial score (nSPS) is 12.0. The number of aromatic nitrogens is 6. The lowest BCUT2D eigenvalue weighted by atomic mass is 10.0. The summed E-state index contributed by atoms with van der Waals surface area (Å²) in [7, 11) is 0. The second-order valence-electron chi connectivity index (χ2n) is 21.2. The zero-order chi connectivity index (χ0) is 63.8. The summed E-state index contributed by atoms with van der Waals surface area (Å²) in [6.45, 7) is 14.0. The Kier molecular flexibility index (Phi) is 19.7. The third-order valence-electron chi connectivity index (χ3n) is 12.6. The number of pyridine rings is 4. The number of phenolic OH excluding ortho intramolecular Hbond substituents is 1. The van der Waals surface area contributed by atoms with Gasteiger partial charge in [-0.3, -0.25) is 28.4 Å². The van der Waals surface area contributed by atoms with Gasteiger partial charge in [0.2, 0.25) is 0 Å². The van der Waals surface area contributed by atoms with Crippen molar-refractivity contribution in [2.24, 2.45) is 0 Å². The maximum atomic E-state index is 13.2. The van der Waals surface area contributed by atoms with Crippen LogP contribution in [0.2, 0.25) is 20.4 Å². The standard InChI is InChI=1S/C30H24Cl2F3N3O4S.C18H16ClNO3S.C12H9Cl2F3N2O/c1-15-18(27(39)38-23(32)11-16(30(33,34)35)12-24(38)37-15)8-10-41-22-6-5-17(31)13-20(22)19-7-9-36-25-21(14-43-26(19)25)28(40)42-29(2,3)4;1-18(2,3)23-17(22)13-9-24-16-11(6-7-20-15(13)16)12-8-10(19)4-5-14(12)21;1-6-8(2-3-13)11(20)19-9(14)4-7(12(15,16)17)5-10(19)18-6/h5-7,9,11-14H,8,10H2,1-4H3;4-9,21H,1-3H3;4-5H,2-3H2,1H3. The Morgan fingerprint density at radius 1 is 0.586 bits per heavy atom. The van der Waals surface area contributed by atoms with Crippen LogP contribution in [0.5, 0.6) is 11.5 Å². The van der Waals surface area contributed by atoms with E-state index in [1.54, 1.807) is 106 Å². The number of hydrogen-bond acceptors (Lipinski definition) is 14. The average molecular weight is 1340 g/mol. The van der Waals surface area contributed by atoms with Crippen LogP contribution in [-0.2, 0) is 34.7 Å². The minimum Gasteiger partial charge on any atom is -0.507 e. The van der Waals surface area contributed by atoms with Crippen molar-refractivity contribution in [2.45, 2.75) is 91.8 Å². The van der Waals surface area contributed by atoms with Gasteiger partial charge in [-0.2, -0.15) is 26.3 Å². The molecular formula is C60H49Cl5F6N6O8S2. The van der Waals surface area contributed by atoms with Crippen molar-refractivity contribution in [3.05, 3.63) is 182 Å². The Balaban J connectivity index is 0.000000187. The fraction of sp³-hybridized carbons (Fsp3) is 0.267. The predicted octanol–water partition coefficient (Wildman–Crippen LogP) is 16.9. The molecule has 0 aliphatic carbocycles. The number of hydrogen-bond donors (Lipinski definition) is 1. The van der Waals surface area contributed by atoms with Crippen LogP contribution < -0.4 is 15.9 Å². The molecule has 0 spiro atoms. The summed E-state index contributed by atoms with van der Waals surface area (Å²) in [6, 6.07) is 16.5. The van der Waals surface area contributed by atoms with E-state index < -0.39 is 62.9 Å². The van der Waals surface area contributed by atoms with E-state index in [0.29, 0.717) is 72.5 Å². The van der Waals surface area contributed by atoms with Crippen LogP contribution >= 0.6 is 80.7 Å². The smallest absolute Gasteiger partial charge is 0.416 e. The summed E-state index contributed by atoms with van der Waals surface area (Å²) >= 11 is 32.6. The van der Waals surface area contributed by atoms with Crippen molar-refractivity contribution in [1.29, 1.82) is 0 Å². The molecule has 2 aromatic carbocycles. The van der Waals surface area contributed by atoms with E-state index in [0.717, 1.165) is 41.5 Å². The lowest BCUT2D eigenvalue weighted by Crippen LogP contribution is -2.24. The average Bonchev–Trinajstić information content (AvgIpc) is 1.66. The number of rotatable bonds is 10. The second-order valence-corrected chi connectivity index (χ2v) is 25.0. The van der Waals surface area contributed by atoms with Crippen molar-refractivity contribution in [2.75, 3.05) is 12.5 Å². The van der Waals surface area contributed by atoms with Crippen LogP contribution in [0.4, 0.5) is 26.3 Å². The van der Waals surface area contributed by atoms with Gasteiger partial charge < -0.3 is 19.3 Å². The zero-order valence-electron chi connectivity index (χ0n) is 47.0. The summed E-state index contributed by atoms with van der Waals surface area (Å²) < 4.78 is 98.4. The molecule has 456 valence electrons. The number of benzene rings is 2. The molecular weight excluding hydrogens is 1290 g/mol. The highest BCUT2D eigenvalue weighted by Crippen LogP contribution is 2.42. The van der Waals surface area contributed by atoms with E-state index in [1.165, 1.54) is 22.7 Å². The number of nitrogens with zero attached hydrogens (tertiary/aromatic N) is 6. The number of carbonyl (C=O) groups excluding carboxylic acids is 2. The van der Waals surface area contributed by atoms with Crippen molar-refractivity contribution >= 4 is 124 Å². The summed E-state index contributed by atoms with van der Waals surface area (Å²) in [5.41, 5.74) is 1.21. The van der Waals surface area contributed by atoms with Gasteiger partial charge >= 0.3 is 24.3 Å². The van der Waals surface area contributed by atoms with E-state index in [2.05, 4.69) is 19.9 Å². The first-order valence-corrected chi connectivity index (χ1v) is 29.7. The van der Waals surface area contributed by atoms with Crippen molar-refractivity contribution in [1.82, 2.24) is 28.7 Å². The van der Waals surface area contributed by atoms with Crippen LogP contribution in [0.1, 0.15) is 95.9 Å². The van der Waals surface area contributed by atoms with Gasteiger partial charge in [0.05, 0.1) is 49.3 Å². The number of fused-ring (bicyclic) bond motifs is 4. The maximum absolute atomic E-state index is 13.2. The van der Waals surface area contributed by atoms with Gasteiger partial charge in [0.25, 0.3) is 11.1 Å². The number of phenols is 1. The van der Waals surface area contributed by atoms with Gasteiger partial charge in [0, 0.05) is 90.3 Å². The first-order chi connectivity index (χ1) is 40.6. The molecule has 1 N–H and O–H groups in total. The van der Waals surface area contributed by atoms with Gasteiger partial charge in [-0.25, -0.2) is 19.6 Å². The maximum Gasteiger partial charge on any atom is 0.416 e. The molecule has 0 unspecified atom stereocenters. The van der Waals surface area contributed by atoms with Gasteiger partial charge in [-0.05, 0) is 135 Å². The van der Waals surface area contributed by atoms with Crippen LogP contribution in [0.15, 0.2) is 106 Å². The third-order valence-corrected chi connectivity index (χ3v) is 15.8. The van der Waals surface area contributed by atoms with E-state index in [9.17, 15) is 50.6 Å². The molecule has 14 nitrogen and oxygen atoms in total. The van der Waals surface area contributed by atoms with Gasteiger partial charge in [-0.15, -0.1) is 34.3 Å². The topological polar surface area (TPSA) is 177 Å². The van der Waals surface area contributed by atoms with E-state index in [-0.39, 0.29) is 58.8 Å². The number of halogens is 11. The summed E-state index contributed by atoms with van der Waals surface area (Å²) in [5, 5.41) is 13.8. The Morgan fingerprint density at radius 2 is 1.01 bits per heavy atom. The number of ether oxygens (including phenoxy) is 3. The number of aryl methyl sites for hydroxylation is 2. The van der Waals surface area contributed by atoms with Crippen molar-refractivity contribution in [3.8, 4) is 33.8 Å². The molecule has 0 bridgehead atoms. The molecule has 0 amide bonds. The molecule has 0 saturated carbocycles. The summed E-state index contributed by atoms with van der Waals surface area (Å²) in [4.78, 5) is 67.6. The van der Waals surface area contributed by atoms with Gasteiger partial charge in [0.15, 0.2) is 0 Å². The molecule has 0 fully saturated rings. The molecule has 0 radical (unpaired) electrons. The highest BCUT2D eigenvalue weighted by Gasteiger charge is 2.34. The number of alkyl halides is 7. The van der Waals surface area contributed by atoms with Crippen LogP contribution in [-0.4, -0.2) is 69.5 Å². The SMILES string of the molecule is CC(C)(C)OC(=O)c1csc2c(-c3cc(Cl)ccc3O)ccnc12.Cc1nc2cc(C(F)(F)F)cc(Cl)n2c(=O)c1CCCl.Cc1nc2cc(C(F)(F)F)cc(Cl)n2c(=O)c1CCOc1ccc(Cl)cc1-c1ccnc2c(C(=O)OC(C)(C)C)csc12. The van der Waals surface area contributed by atoms with Crippen LogP contribution in [0.3, 0.4) is 0 Å². The highest BCUT2D eigenvalue weighted by molar-refractivity contribution is 7.18. The molecule has 0 aliphatic rings. The summed E-state index contributed by atoms with van der Waals surface area (Å²) in [5.74, 6) is -0.0927. The van der Waals surface area contributed by atoms with Crippen molar-refractivity contribution in [3.63, 3.8) is 0 Å². The molecule has 0 aliphatic heterocycles. The largest absolute Gasteiger partial charge is 0.507 e. The van der Waals surface area contributed by atoms with Gasteiger partial charge in [0.1, 0.15) is 44.3 Å². The summed E-state index contributed by atoms with van der Waals surface area (Å²) in [6.07, 6.45) is -5.61. The molecule has 27 heteroatoms. The molecule has 8 heterocycles. The molecule has 10 aromatic rings. The number of aromatic hydroxyl groups is 1. The first kappa shape index (κ1) is 65.9. The Hall–Kier alpha value is -7.05. The molecule has 0 atom stereocenters. The van der Waals surface area contributed by atoms with Crippen LogP contribution in [0.25, 0.3) is 54.0 Å². The van der Waals surface area contributed by atoms with Gasteiger partial charge in [-0.1, -0.05) is 46.4 Å². The number of carbonyl (C=O) groups is 2. The predicted molar refractivity (Wildman–Crippen MR) is 328 cm³/mol. The Bertz CT molecular complexity index is 4440. The highest BCUT2D eigenvalue weighted by atomic mass is 35.5.